The highest BCUT2D eigenvalue weighted by molar-refractivity contribution is 6.26. The van der Waals surface area contributed by atoms with Crippen LogP contribution in [0.5, 0.6) is 0 Å². The SMILES string of the molecule is C[SiH2]OC(O[SiH2]C)C(C)(C)C(CCC1CCC(=O)N1)Cc1cccc(F)c1. The van der Waals surface area contributed by atoms with Crippen molar-refractivity contribution in [2.75, 3.05) is 0 Å². The Morgan fingerprint density at radius 3 is 2.56 bits per heavy atom. The van der Waals surface area contributed by atoms with E-state index in [2.05, 4.69) is 32.3 Å². The maximum Gasteiger partial charge on any atom is 0.220 e. The summed E-state index contributed by atoms with van der Waals surface area (Å²) in [6, 6.07) is 7.13. The first kappa shape index (κ1) is 22.3. The first-order valence-corrected chi connectivity index (χ1v) is 14.1. The first-order valence-electron chi connectivity index (χ1n) is 10.1. The molecule has 1 aromatic carbocycles. The molecular weight excluding hydrogens is 377 g/mol. The molecule has 1 aromatic rings. The molecule has 0 aromatic heterocycles. The molecule has 1 amide bonds. The number of rotatable bonds is 11. The van der Waals surface area contributed by atoms with E-state index in [0.717, 1.165) is 31.2 Å². The standard InChI is InChI=1S/C20H34FNO3Si2/c1-20(2,19(24-26-3)25-27-4)15(8-9-17-10-11-18(23)22-17)12-14-6-5-7-16(21)13-14/h5-7,13,15,17,19H,8-12,26-27H2,1-4H3,(H,22,23). The summed E-state index contributed by atoms with van der Waals surface area (Å²) in [7, 11) is -1.20. The van der Waals surface area contributed by atoms with Crippen molar-refractivity contribution < 1.29 is 18.0 Å². The minimum Gasteiger partial charge on any atom is -0.400 e. The summed E-state index contributed by atoms with van der Waals surface area (Å²) in [6.07, 6.45) is 4.02. The molecule has 0 saturated carbocycles. The zero-order chi connectivity index (χ0) is 19.9. The molecule has 1 aliphatic rings. The average molecular weight is 412 g/mol. The van der Waals surface area contributed by atoms with Crippen LogP contribution in [0.25, 0.3) is 0 Å². The Kier molecular flexibility index (Phi) is 8.66. The largest absolute Gasteiger partial charge is 0.400 e. The van der Waals surface area contributed by atoms with Gasteiger partial charge in [-0.3, -0.25) is 4.79 Å². The normalized spacial score (nSPS) is 20.6. The van der Waals surface area contributed by atoms with Gasteiger partial charge in [-0.05, 0) is 49.3 Å². The maximum atomic E-state index is 13.7. The van der Waals surface area contributed by atoms with Gasteiger partial charge >= 0.3 is 0 Å². The van der Waals surface area contributed by atoms with Crippen molar-refractivity contribution in [3.63, 3.8) is 0 Å². The van der Waals surface area contributed by atoms with E-state index in [9.17, 15) is 9.18 Å². The molecule has 0 spiro atoms. The van der Waals surface area contributed by atoms with Gasteiger partial charge in [-0.1, -0.05) is 39.1 Å². The lowest BCUT2D eigenvalue weighted by Crippen LogP contribution is -2.43. The predicted molar refractivity (Wildman–Crippen MR) is 113 cm³/mol. The molecule has 1 saturated heterocycles. The fourth-order valence-electron chi connectivity index (χ4n) is 3.95. The van der Waals surface area contributed by atoms with Crippen LogP contribution in [0, 0.1) is 17.2 Å². The van der Waals surface area contributed by atoms with Crippen LogP contribution >= 0.6 is 0 Å². The molecule has 1 heterocycles. The van der Waals surface area contributed by atoms with Crippen molar-refractivity contribution in [3.8, 4) is 0 Å². The van der Waals surface area contributed by atoms with E-state index in [1.165, 1.54) is 6.07 Å². The third-order valence-electron chi connectivity index (χ3n) is 5.62. The summed E-state index contributed by atoms with van der Waals surface area (Å²) in [5, 5.41) is 3.07. The second kappa shape index (κ2) is 10.5. The van der Waals surface area contributed by atoms with Crippen LogP contribution < -0.4 is 5.32 Å². The van der Waals surface area contributed by atoms with E-state index in [-0.39, 0.29) is 35.4 Å². The minimum absolute atomic E-state index is 0.152. The second-order valence-corrected chi connectivity index (χ2v) is 9.80. The molecule has 27 heavy (non-hydrogen) atoms. The molecule has 0 radical (unpaired) electrons. The number of hydrogen-bond donors (Lipinski definition) is 1. The summed E-state index contributed by atoms with van der Waals surface area (Å²) in [4.78, 5) is 11.5. The third kappa shape index (κ3) is 6.52. The van der Waals surface area contributed by atoms with Crippen molar-refractivity contribution in [1.82, 2.24) is 5.32 Å². The molecule has 2 atom stereocenters. The number of carbonyl (C=O) groups excluding carboxylic acids is 1. The highest BCUT2D eigenvalue weighted by Crippen LogP contribution is 2.39. The van der Waals surface area contributed by atoms with Gasteiger partial charge in [0.05, 0.1) is 0 Å². The van der Waals surface area contributed by atoms with Crippen molar-refractivity contribution in [3.05, 3.63) is 35.6 Å². The topological polar surface area (TPSA) is 47.6 Å². The molecule has 0 aliphatic carbocycles. The lowest BCUT2D eigenvalue weighted by Gasteiger charge is -2.41. The zero-order valence-corrected chi connectivity index (χ0v) is 19.9. The van der Waals surface area contributed by atoms with E-state index in [1.807, 2.05) is 6.07 Å². The number of amides is 1. The average Bonchev–Trinajstić information content (AvgIpc) is 3.03. The van der Waals surface area contributed by atoms with Crippen molar-refractivity contribution >= 4 is 25.4 Å². The molecule has 0 bridgehead atoms. The molecule has 1 N–H and O–H groups in total. The van der Waals surface area contributed by atoms with Crippen LogP contribution in [0.15, 0.2) is 24.3 Å². The van der Waals surface area contributed by atoms with E-state index in [1.54, 1.807) is 12.1 Å². The molecule has 1 fully saturated rings. The molecular formula is C20H34FNO3Si2. The van der Waals surface area contributed by atoms with E-state index in [0.29, 0.717) is 6.42 Å². The molecule has 2 unspecified atom stereocenters. The lowest BCUT2D eigenvalue weighted by molar-refractivity contribution is -0.119. The van der Waals surface area contributed by atoms with Crippen LogP contribution in [0.1, 0.15) is 45.1 Å². The minimum atomic E-state index is -0.598. The molecule has 7 heteroatoms. The van der Waals surface area contributed by atoms with E-state index >= 15 is 0 Å². The number of carbonyl (C=O) groups is 1. The van der Waals surface area contributed by atoms with Gasteiger partial charge in [-0.25, -0.2) is 4.39 Å². The summed E-state index contributed by atoms with van der Waals surface area (Å²) >= 11 is 0. The first-order chi connectivity index (χ1) is 12.9. The van der Waals surface area contributed by atoms with Gasteiger partial charge in [0.25, 0.3) is 0 Å². The van der Waals surface area contributed by atoms with E-state index < -0.39 is 19.5 Å². The van der Waals surface area contributed by atoms with Gasteiger partial charge in [-0.15, -0.1) is 0 Å². The Bertz CT molecular complexity index is 609. The van der Waals surface area contributed by atoms with Gasteiger partial charge < -0.3 is 14.2 Å². The molecule has 1 aliphatic heterocycles. The van der Waals surface area contributed by atoms with Crippen molar-refractivity contribution in [2.45, 2.75) is 71.4 Å². The monoisotopic (exact) mass is 411 g/mol. The highest BCUT2D eigenvalue weighted by Gasteiger charge is 2.38. The fraction of sp³-hybridized carbons (Fsp3) is 0.650. The van der Waals surface area contributed by atoms with Crippen molar-refractivity contribution in [1.29, 1.82) is 0 Å². The van der Waals surface area contributed by atoms with Gasteiger partial charge in [0, 0.05) is 17.9 Å². The Balaban J connectivity index is 2.16. The Hall–Kier alpha value is -1.03. The summed E-state index contributed by atoms with van der Waals surface area (Å²) in [5.41, 5.74) is 0.825. The van der Waals surface area contributed by atoms with Gasteiger partial charge in [-0.2, -0.15) is 0 Å². The zero-order valence-electron chi connectivity index (χ0n) is 17.1. The molecule has 152 valence electrons. The van der Waals surface area contributed by atoms with Crippen molar-refractivity contribution in [2.24, 2.45) is 11.3 Å². The highest BCUT2D eigenvalue weighted by atomic mass is 28.2. The van der Waals surface area contributed by atoms with Crippen LogP contribution in [0.2, 0.25) is 13.1 Å². The number of benzene rings is 1. The van der Waals surface area contributed by atoms with Crippen LogP contribution in [0.3, 0.4) is 0 Å². The van der Waals surface area contributed by atoms with Gasteiger partial charge in [0.15, 0.2) is 19.5 Å². The second-order valence-electron chi connectivity index (χ2n) is 7.98. The molecule has 4 nitrogen and oxygen atoms in total. The molecule has 2 rings (SSSR count). The van der Waals surface area contributed by atoms with Crippen LogP contribution in [-0.2, 0) is 20.1 Å². The Morgan fingerprint density at radius 1 is 1.30 bits per heavy atom. The fourth-order valence-corrected chi connectivity index (χ4v) is 5.80. The van der Waals surface area contributed by atoms with Crippen LogP contribution in [0.4, 0.5) is 4.39 Å². The lowest BCUT2D eigenvalue weighted by atomic mass is 9.72. The number of halogens is 1. The smallest absolute Gasteiger partial charge is 0.220 e. The number of nitrogens with one attached hydrogen (secondary N) is 1. The summed E-state index contributed by atoms with van der Waals surface area (Å²) in [5.74, 6) is 0.237. The Labute approximate surface area is 167 Å². The van der Waals surface area contributed by atoms with Gasteiger partial charge in [0.1, 0.15) is 12.1 Å². The quantitative estimate of drug-likeness (QED) is 0.450. The summed E-state index contributed by atoms with van der Waals surface area (Å²) < 4.78 is 25.9. The summed E-state index contributed by atoms with van der Waals surface area (Å²) in [6.45, 7) is 8.67. The predicted octanol–water partition coefficient (Wildman–Crippen LogP) is 2.69. The Morgan fingerprint density at radius 2 is 2.00 bits per heavy atom. The van der Waals surface area contributed by atoms with E-state index in [4.69, 9.17) is 8.85 Å². The van der Waals surface area contributed by atoms with Gasteiger partial charge in [0.2, 0.25) is 5.91 Å². The third-order valence-corrected chi connectivity index (χ3v) is 6.89. The maximum absolute atomic E-state index is 13.7. The number of hydrogen-bond acceptors (Lipinski definition) is 3. The van der Waals surface area contributed by atoms with Crippen LogP contribution in [-0.4, -0.2) is 37.8 Å².